The van der Waals surface area contributed by atoms with Gasteiger partial charge in [-0.25, -0.2) is 9.37 Å². The largest absolute Gasteiger partial charge is 0.474 e. The molecular weight excluding hydrogens is 379 g/mol. The van der Waals surface area contributed by atoms with Gasteiger partial charge in [0.05, 0.1) is 24.5 Å². The molecule has 2 heterocycles. The second kappa shape index (κ2) is 7.72. The SMILES string of the molecule is O=C(Nc1ccc(Br)cc1F)c1ccc(OC2CCOCC2)nc1. The Morgan fingerprint density at radius 3 is 2.75 bits per heavy atom. The molecule has 1 aromatic heterocycles. The molecule has 126 valence electrons. The normalized spacial score (nSPS) is 15.1. The Bertz CT molecular complexity index is 718. The minimum atomic E-state index is -0.509. The number of nitrogens with zero attached hydrogens (tertiary/aromatic N) is 1. The van der Waals surface area contributed by atoms with E-state index in [2.05, 4.69) is 26.2 Å². The lowest BCUT2D eigenvalue weighted by Crippen LogP contribution is -2.26. The van der Waals surface area contributed by atoms with Crippen LogP contribution in [0.5, 0.6) is 5.88 Å². The van der Waals surface area contributed by atoms with E-state index >= 15 is 0 Å². The molecule has 0 saturated carbocycles. The predicted octanol–water partition coefficient (Wildman–Crippen LogP) is 3.79. The van der Waals surface area contributed by atoms with Gasteiger partial charge in [0.1, 0.15) is 11.9 Å². The van der Waals surface area contributed by atoms with Gasteiger partial charge in [-0.1, -0.05) is 15.9 Å². The Labute approximate surface area is 147 Å². The minimum Gasteiger partial charge on any atom is -0.474 e. The summed E-state index contributed by atoms with van der Waals surface area (Å²) in [7, 11) is 0. The first-order chi connectivity index (χ1) is 11.6. The Balaban J connectivity index is 1.62. The van der Waals surface area contributed by atoms with Crippen molar-refractivity contribution in [2.75, 3.05) is 18.5 Å². The van der Waals surface area contributed by atoms with Crippen LogP contribution in [0.2, 0.25) is 0 Å². The average Bonchev–Trinajstić information content (AvgIpc) is 2.59. The number of hydrogen-bond donors (Lipinski definition) is 1. The zero-order valence-electron chi connectivity index (χ0n) is 12.8. The van der Waals surface area contributed by atoms with Crippen LogP contribution in [0.15, 0.2) is 41.0 Å². The predicted molar refractivity (Wildman–Crippen MR) is 90.8 cm³/mol. The van der Waals surface area contributed by atoms with Gasteiger partial charge in [0.25, 0.3) is 5.91 Å². The molecule has 2 aromatic rings. The highest BCUT2D eigenvalue weighted by Crippen LogP contribution is 2.20. The molecule has 3 rings (SSSR count). The van der Waals surface area contributed by atoms with Crippen LogP contribution in [-0.2, 0) is 4.74 Å². The van der Waals surface area contributed by atoms with Crippen molar-refractivity contribution in [3.63, 3.8) is 0 Å². The standard InChI is InChI=1S/C17H16BrFN2O3/c18-12-2-3-15(14(19)9-12)21-17(22)11-1-4-16(20-10-11)24-13-5-7-23-8-6-13/h1-4,9-10,13H,5-8H2,(H,21,22). The summed E-state index contributed by atoms with van der Waals surface area (Å²) >= 11 is 3.17. The van der Waals surface area contributed by atoms with Gasteiger partial charge in [-0.3, -0.25) is 4.79 Å². The van der Waals surface area contributed by atoms with Gasteiger partial charge in [-0.05, 0) is 24.3 Å². The third-order valence-electron chi connectivity index (χ3n) is 3.63. The smallest absolute Gasteiger partial charge is 0.257 e. The van der Waals surface area contributed by atoms with E-state index in [1.165, 1.54) is 18.3 Å². The maximum Gasteiger partial charge on any atom is 0.257 e. The van der Waals surface area contributed by atoms with Gasteiger partial charge >= 0.3 is 0 Å². The van der Waals surface area contributed by atoms with Gasteiger partial charge in [-0.2, -0.15) is 0 Å². The van der Waals surface area contributed by atoms with Crippen LogP contribution in [0.4, 0.5) is 10.1 Å². The van der Waals surface area contributed by atoms with Crippen LogP contribution in [0.1, 0.15) is 23.2 Å². The quantitative estimate of drug-likeness (QED) is 0.856. The number of anilines is 1. The number of ether oxygens (including phenoxy) is 2. The van der Waals surface area contributed by atoms with Crippen LogP contribution in [0.3, 0.4) is 0 Å². The molecule has 1 aromatic carbocycles. The molecule has 1 N–H and O–H groups in total. The van der Waals surface area contributed by atoms with Gasteiger partial charge < -0.3 is 14.8 Å². The third-order valence-corrected chi connectivity index (χ3v) is 4.13. The number of halogens is 2. The summed E-state index contributed by atoms with van der Waals surface area (Å²) in [6, 6.07) is 7.68. The van der Waals surface area contributed by atoms with E-state index in [0.717, 1.165) is 12.8 Å². The number of carbonyl (C=O) groups is 1. The topological polar surface area (TPSA) is 60.5 Å². The average molecular weight is 395 g/mol. The molecule has 1 aliphatic rings. The van der Waals surface area contributed by atoms with Crippen LogP contribution in [-0.4, -0.2) is 30.2 Å². The number of pyridine rings is 1. The zero-order valence-corrected chi connectivity index (χ0v) is 14.4. The van der Waals surface area contributed by atoms with E-state index in [1.807, 2.05) is 0 Å². The molecular formula is C17H16BrFN2O3. The summed E-state index contributed by atoms with van der Waals surface area (Å²) < 4.78 is 25.4. The fourth-order valence-corrected chi connectivity index (χ4v) is 2.67. The first-order valence-electron chi connectivity index (χ1n) is 7.58. The molecule has 1 fully saturated rings. The van der Waals surface area contributed by atoms with Gasteiger partial charge in [0.15, 0.2) is 0 Å². The van der Waals surface area contributed by atoms with E-state index in [0.29, 0.717) is 29.1 Å². The van der Waals surface area contributed by atoms with Crippen molar-refractivity contribution in [1.29, 1.82) is 0 Å². The molecule has 0 aliphatic carbocycles. The minimum absolute atomic E-state index is 0.0859. The Kier molecular flexibility index (Phi) is 5.42. The van der Waals surface area contributed by atoms with Crippen molar-refractivity contribution in [1.82, 2.24) is 4.98 Å². The Morgan fingerprint density at radius 2 is 2.08 bits per heavy atom. The van der Waals surface area contributed by atoms with E-state index in [-0.39, 0.29) is 11.8 Å². The molecule has 0 radical (unpaired) electrons. The van der Waals surface area contributed by atoms with Crippen molar-refractivity contribution in [2.45, 2.75) is 18.9 Å². The maximum atomic E-state index is 13.8. The number of benzene rings is 1. The van der Waals surface area contributed by atoms with Crippen molar-refractivity contribution in [3.05, 3.63) is 52.4 Å². The molecule has 5 nitrogen and oxygen atoms in total. The molecule has 1 amide bonds. The van der Waals surface area contributed by atoms with Crippen molar-refractivity contribution in [3.8, 4) is 5.88 Å². The summed E-state index contributed by atoms with van der Waals surface area (Å²) in [5.74, 6) is -0.472. The highest BCUT2D eigenvalue weighted by Gasteiger charge is 2.16. The number of rotatable bonds is 4. The van der Waals surface area contributed by atoms with Crippen molar-refractivity contribution >= 4 is 27.5 Å². The van der Waals surface area contributed by atoms with E-state index in [9.17, 15) is 9.18 Å². The fourth-order valence-electron chi connectivity index (χ4n) is 2.33. The summed E-state index contributed by atoms with van der Waals surface area (Å²) in [4.78, 5) is 16.3. The fraction of sp³-hybridized carbons (Fsp3) is 0.294. The molecule has 0 spiro atoms. The molecule has 24 heavy (non-hydrogen) atoms. The molecule has 0 bridgehead atoms. The van der Waals surface area contributed by atoms with E-state index in [4.69, 9.17) is 9.47 Å². The summed E-state index contributed by atoms with van der Waals surface area (Å²) in [5, 5.41) is 2.52. The number of hydrogen-bond acceptors (Lipinski definition) is 4. The van der Waals surface area contributed by atoms with Gasteiger partial charge in [0, 0.05) is 29.6 Å². The second-order valence-corrected chi connectivity index (χ2v) is 6.31. The summed E-state index contributed by atoms with van der Waals surface area (Å²) in [6.07, 6.45) is 3.16. The van der Waals surface area contributed by atoms with Crippen molar-refractivity contribution < 1.29 is 18.7 Å². The molecule has 1 aliphatic heterocycles. The van der Waals surface area contributed by atoms with Crippen molar-refractivity contribution in [2.24, 2.45) is 0 Å². The van der Waals surface area contributed by atoms with Gasteiger partial charge in [0.2, 0.25) is 5.88 Å². The number of aromatic nitrogens is 1. The first kappa shape index (κ1) is 16.9. The number of amides is 1. The highest BCUT2D eigenvalue weighted by atomic mass is 79.9. The summed E-state index contributed by atoms with van der Waals surface area (Å²) in [5.41, 5.74) is 0.447. The van der Waals surface area contributed by atoms with Crippen LogP contribution < -0.4 is 10.1 Å². The van der Waals surface area contributed by atoms with Crippen LogP contribution in [0, 0.1) is 5.82 Å². The molecule has 0 unspecified atom stereocenters. The van der Waals surface area contributed by atoms with Crippen LogP contribution >= 0.6 is 15.9 Å². The molecule has 7 heteroatoms. The highest BCUT2D eigenvalue weighted by molar-refractivity contribution is 9.10. The van der Waals surface area contributed by atoms with Crippen LogP contribution in [0.25, 0.3) is 0 Å². The monoisotopic (exact) mass is 394 g/mol. The Morgan fingerprint density at radius 1 is 1.29 bits per heavy atom. The zero-order chi connectivity index (χ0) is 16.9. The summed E-state index contributed by atoms with van der Waals surface area (Å²) in [6.45, 7) is 1.37. The van der Waals surface area contributed by atoms with E-state index < -0.39 is 11.7 Å². The second-order valence-electron chi connectivity index (χ2n) is 5.39. The Hall–Kier alpha value is -1.99. The lowest BCUT2D eigenvalue weighted by atomic mass is 10.1. The maximum absolute atomic E-state index is 13.8. The molecule has 0 atom stereocenters. The molecule has 1 saturated heterocycles. The third kappa shape index (κ3) is 4.30. The number of nitrogens with one attached hydrogen (secondary N) is 1. The number of carbonyl (C=O) groups excluding carboxylic acids is 1. The lowest BCUT2D eigenvalue weighted by Gasteiger charge is -2.22. The first-order valence-corrected chi connectivity index (χ1v) is 8.38. The van der Waals surface area contributed by atoms with Gasteiger partial charge in [-0.15, -0.1) is 0 Å². The lowest BCUT2D eigenvalue weighted by molar-refractivity contribution is 0.0237. The van der Waals surface area contributed by atoms with E-state index in [1.54, 1.807) is 18.2 Å².